The molecule has 0 aromatic heterocycles. The number of quaternary nitrogens is 1. The van der Waals surface area contributed by atoms with Crippen molar-refractivity contribution >= 4 is 44.4 Å². The Kier molecular flexibility index (Phi) is 6.36. The maximum atomic E-state index is 12.9. The lowest BCUT2D eigenvalue weighted by atomic mass is 10.1. The summed E-state index contributed by atoms with van der Waals surface area (Å²) in [6.07, 6.45) is 1.59. The number of sulfonamides is 1. The van der Waals surface area contributed by atoms with E-state index < -0.39 is 14.9 Å². The molecule has 1 fully saturated rings. The van der Waals surface area contributed by atoms with Gasteiger partial charge < -0.3 is 9.62 Å². The lowest BCUT2D eigenvalue weighted by Gasteiger charge is -2.24. The number of non-ortho nitro benzene ring substituents is 1. The summed E-state index contributed by atoms with van der Waals surface area (Å²) in [4.78, 5) is 11.6. The fourth-order valence-corrected chi connectivity index (χ4v) is 4.12. The smallest absolute Gasteiger partial charge is 0.270 e. The third kappa shape index (κ3) is 5.43. The third-order valence-electron chi connectivity index (χ3n) is 4.52. The van der Waals surface area contributed by atoms with Crippen molar-refractivity contribution in [1.82, 2.24) is 0 Å². The molecule has 1 aliphatic rings. The van der Waals surface area contributed by atoms with E-state index in [9.17, 15) is 18.5 Å². The summed E-state index contributed by atoms with van der Waals surface area (Å²) in [6, 6.07) is 9.45. The van der Waals surface area contributed by atoms with Gasteiger partial charge in [0.05, 0.1) is 35.6 Å². The van der Waals surface area contributed by atoms with Gasteiger partial charge in [0, 0.05) is 35.7 Å². The number of nitro groups is 1. The normalized spacial score (nSPS) is 16.9. The van der Waals surface area contributed by atoms with Crippen molar-refractivity contribution in [2.45, 2.75) is 17.7 Å². The molecule has 1 saturated heterocycles. The number of nitrogens with zero attached hydrogens (tertiary/aromatic N) is 3. The second-order valence-electron chi connectivity index (χ2n) is 6.73. The number of rotatable bonds is 6. The molecule has 1 aliphatic heterocycles. The van der Waals surface area contributed by atoms with Crippen LogP contribution < -0.4 is 10.3 Å². The van der Waals surface area contributed by atoms with Crippen molar-refractivity contribution in [3.63, 3.8) is 0 Å². The van der Waals surface area contributed by atoms with E-state index >= 15 is 0 Å². The SMILES string of the molecule is C[NH+]1CCC(=NNc2ccc([N+](=O)[O-])cc2S(=O)(=O)[N-]c2ccc(Cl)cc2)CC1. The van der Waals surface area contributed by atoms with Gasteiger partial charge in [-0.1, -0.05) is 23.7 Å². The highest BCUT2D eigenvalue weighted by Crippen LogP contribution is 2.34. The number of halogens is 1. The number of hydrogen-bond donors (Lipinski definition) is 2. The van der Waals surface area contributed by atoms with Gasteiger partial charge in [0.15, 0.2) is 0 Å². The summed E-state index contributed by atoms with van der Waals surface area (Å²) >= 11 is 5.81. The van der Waals surface area contributed by atoms with Gasteiger partial charge in [-0.25, -0.2) is 8.42 Å². The molecule has 9 nitrogen and oxygen atoms in total. The molecule has 29 heavy (non-hydrogen) atoms. The highest BCUT2D eigenvalue weighted by Gasteiger charge is 2.18. The van der Waals surface area contributed by atoms with Crippen LogP contribution >= 0.6 is 11.6 Å². The Hall–Kier alpha value is -2.69. The Balaban J connectivity index is 1.91. The lowest BCUT2D eigenvalue weighted by Crippen LogP contribution is -3.10. The van der Waals surface area contributed by atoms with Crippen molar-refractivity contribution in [3.8, 4) is 0 Å². The zero-order valence-corrected chi connectivity index (χ0v) is 17.2. The molecule has 0 bridgehead atoms. The average molecular weight is 438 g/mol. The number of hydrazone groups is 1. The zero-order valence-electron chi connectivity index (χ0n) is 15.6. The van der Waals surface area contributed by atoms with E-state index in [1.54, 1.807) is 0 Å². The van der Waals surface area contributed by atoms with Crippen LogP contribution in [0.3, 0.4) is 0 Å². The van der Waals surface area contributed by atoms with Gasteiger partial charge in [-0.15, -0.1) is 5.69 Å². The van der Waals surface area contributed by atoms with Gasteiger partial charge in [0.2, 0.25) is 0 Å². The number of likely N-dealkylation sites (tertiary alicyclic amines) is 1. The van der Waals surface area contributed by atoms with Crippen molar-refractivity contribution in [2.75, 3.05) is 25.6 Å². The molecule has 0 atom stereocenters. The number of anilines is 1. The molecule has 0 unspecified atom stereocenters. The van der Waals surface area contributed by atoms with Crippen LogP contribution in [0.5, 0.6) is 0 Å². The molecule has 0 spiro atoms. The Morgan fingerprint density at radius 1 is 1.17 bits per heavy atom. The van der Waals surface area contributed by atoms with E-state index in [-0.39, 0.29) is 22.0 Å². The summed E-state index contributed by atoms with van der Waals surface area (Å²) in [5, 5.41) is 15.9. The van der Waals surface area contributed by atoms with Crippen LogP contribution in [0.2, 0.25) is 5.02 Å². The van der Waals surface area contributed by atoms with Crippen LogP contribution in [0.1, 0.15) is 12.8 Å². The van der Waals surface area contributed by atoms with Gasteiger partial charge >= 0.3 is 0 Å². The highest BCUT2D eigenvalue weighted by molar-refractivity contribution is 7.94. The Morgan fingerprint density at radius 3 is 2.45 bits per heavy atom. The molecular weight excluding hydrogens is 418 g/mol. The Bertz CT molecular complexity index is 1030. The number of hydrogen-bond acceptors (Lipinski definition) is 6. The molecule has 2 N–H and O–H groups in total. The summed E-state index contributed by atoms with van der Waals surface area (Å²) in [6.45, 7) is 1.88. The number of nitro benzene ring substituents is 1. The summed E-state index contributed by atoms with van der Waals surface area (Å²) in [7, 11) is -2.13. The quantitative estimate of drug-likeness (QED) is 0.531. The molecular formula is C18H20ClN5O4S. The number of piperidine rings is 1. The first kappa shape index (κ1) is 21.0. The van der Waals surface area contributed by atoms with Gasteiger partial charge in [0.1, 0.15) is 10.0 Å². The van der Waals surface area contributed by atoms with Gasteiger partial charge in [-0.2, -0.15) is 5.10 Å². The second-order valence-corrected chi connectivity index (χ2v) is 8.74. The predicted molar refractivity (Wildman–Crippen MR) is 112 cm³/mol. The van der Waals surface area contributed by atoms with Crippen LogP contribution in [0.25, 0.3) is 4.72 Å². The van der Waals surface area contributed by atoms with Crippen LogP contribution in [-0.2, 0) is 10.0 Å². The third-order valence-corrected chi connectivity index (χ3v) is 6.12. The molecule has 0 aliphatic carbocycles. The first-order chi connectivity index (χ1) is 13.7. The maximum Gasteiger partial charge on any atom is 0.270 e. The second kappa shape index (κ2) is 8.76. The molecule has 2 aromatic rings. The molecule has 0 amide bonds. The van der Waals surface area contributed by atoms with Crippen molar-refractivity contribution < 1.29 is 18.2 Å². The highest BCUT2D eigenvalue weighted by atomic mass is 35.5. The number of benzene rings is 2. The molecule has 1 heterocycles. The minimum Gasteiger partial charge on any atom is -0.573 e. The maximum absolute atomic E-state index is 12.9. The van der Waals surface area contributed by atoms with E-state index in [4.69, 9.17) is 11.6 Å². The fraction of sp³-hybridized carbons (Fsp3) is 0.278. The molecule has 0 saturated carbocycles. The predicted octanol–water partition coefficient (Wildman–Crippen LogP) is 2.72. The first-order valence-electron chi connectivity index (χ1n) is 8.89. The van der Waals surface area contributed by atoms with E-state index in [1.165, 1.54) is 41.3 Å². The van der Waals surface area contributed by atoms with Crippen LogP contribution in [-0.4, -0.2) is 39.2 Å². The van der Waals surface area contributed by atoms with E-state index in [0.29, 0.717) is 5.02 Å². The standard InChI is InChI=1S/C18H19ClN5O4S/c1-23-10-8-14(9-11-23)20-21-17-7-6-16(24(25)26)12-18(17)29(27,28)22-15-4-2-13(19)3-5-15/h2-7,12,21H,8-11H2,1H3/q-1/p+1. The van der Waals surface area contributed by atoms with Crippen molar-refractivity contribution in [2.24, 2.45) is 5.10 Å². The molecule has 3 rings (SSSR count). The first-order valence-corrected chi connectivity index (χ1v) is 10.7. The Morgan fingerprint density at radius 2 is 1.83 bits per heavy atom. The number of nitrogens with one attached hydrogen (secondary N) is 2. The van der Waals surface area contributed by atoms with E-state index in [2.05, 4.69) is 22.3 Å². The van der Waals surface area contributed by atoms with E-state index in [0.717, 1.165) is 37.7 Å². The summed E-state index contributed by atoms with van der Waals surface area (Å²) in [5.41, 5.74) is 3.63. The summed E-state index contributed by atoms with van der Waals surface area (Å²) in [5.74, 6) is 0. The minimum atomic E-state index is -4.23. The average Bonchev–Trinajstić information content (AvgIpc) is 2.69. The molecule has 2 aromatic carbocycles. The molecule has 154 valence electrons. The lowest BCUT2D eigenvalue weighted by molar-refractivity contribution is -0.880. The fourth-order valence-electron chi connectivity index (χ4n) is 2.84. The summed E-state index contributed by atoms with van der Waals surface area (Å²) < 4.78 is 29.5. The van der Waals surface area contributed by atoms with Gasteiger partial charge in [-0.05, 0) is 18.2 Å². The van der Waals surface area contributed by atoms with Gasteiger partial charge in [0.25, 0.3) is 5.69 Å². The largest absolute Gasteiger partial charge is 0.573 e. The van der Waals surface area contributed by atoms with Crippen LogP contribution in [0, 0.1) is 10.1 Å². The topological polar surface area (TPSA) is 120 Å². The van der Waals surface area contributed by atoms with Crippen molar-refractivity contribution in [3.05, 3.63) is 62.3 Å². The van der Waals surface area contributed by atoms with Crippen LogP contribution in [0.4, 0.5) is 17.1 Å². The minimum absolute atomic E-state index is 0.132. The van der Waals surface area contributed by atoms with Crippen molar-refractivity contribution in [1.29, 1.82) is 0 Å². The van der Waals surface area contributed by atoms with Gasteiger partial charge in [-0.3, -0.25) is 15.5 Å². The molecule has 0 radical (unpaired) electrons. The van der Waals surface area contributed by atoms with Crippen LogP contribution in [0.15, 0.2) is 52.5 Å². The monoisotopic (exact) mass is 437 g/mol. The zero-order chi connectivity index (χ0) is 21.0. The molecule has 11 heteroatoms. The Labute approximate surface area is 173 Å². The van der Waals surface area contributed by atoms with E-state index in [1.807, 2.05) is 0 Å².